The molecule has 1 aromatic rings. The molecule has 3 nitrogen and oxygen atoms in total. The van der Waals surface area contributed by atoms with Gasteiger partial charge in [0.1, 0.15) is 12.4 Å². The van der Waals surface area contributed by atoms with Crippen molar-refractivity contribution >= 4 is 5.69 Å². The molecule has 1 aromatic carbocycles. The van der Waals surface area contributed by atoms with Gasteiger partial charge in [-0.2, -0.15) is 0 Å². The summed E-state index contributed by atoms with van der Waals surface area (Å²) in [5.74, 6) is 0.946. The molecule has 0 amide bonds. The number of ether oxygens (including phenoxy) is 1. The van der Waals surface area contributed by atoms with Crippen molar-refractivity contribution in [1.29, 1.82) is 0 Å². The van der Waals surface area contributed by atoms with Crippen molar-refractivity contribution in [3.05, 3.63) is 23.8 Å². The van der Waals surface area contributed by atoms with Crippen LogP contribution in [0.5, 0.6) is 5.75 Å². The van der Waals surface area contributed by atoms with Crippen LogP contribution < -0.4 is 10.1 Å². The van der Waals surface area contributed by atoms with Gasteiger partial charge < -0.3 is 15.2 Å². The van der Waals surface area contributed by atoms with Gasteiger partial charge >= 0.3 is 0 Å². The fourth-order valence-corrected chi connectivity index (χ4v) is 1.71. The van der Waals surface area contributed by atoms with Crippen LogP contribution in [-0.4, -0.2) is 24.4 Å². The molecule has 0 spiro atoms. The van der Waals surface area contributed by atoms with Gasteiger partial charge in [0, 0.05) is 6.61 Å². The van der Waals surface area contributed by atoms with Gasteiger partial charge in [0.05, 0.1) is 11.7 Å². The van der Waals surface area contributed by atoms with E-state index < -0.39 is 0 Å². The topological polar surface area (TPSA) is 41.5 Å². The molecule has 0 saturated heterocycles. The van der Waals surface area contributed by atoms with Crippen LogP contribution in [-0.2, 0) is 0 Å². The average Bonchev–Trinajstić information content (AvgIpc) is 2.18. The van der Waals surface area contributed by atoms with Gasteiger partial charge in [-0.1, -0.05) is 12.1 Å². The van der Waals surface area contributed by atoms with Crippen LogP contribution in [0.2, 0.25) is 0 Å². The highest BCUT2D eigenvalue weighted by molar-refractivity contribution is 5.61. The van der Waals surface area contributed by atoms with Gasteiger partial charge in [0.2, 0.25) is 0 Å². The lowest BCUT2D eigenvalue weighted by Crippen LogP contribution is -2.32. The quantitative estimate of drug-likeness (QED) is 0.748. The third kappa shape index (κ3) is 1.68. The Balaban J connectivity index is 2.18. The number of hydrogen-bond acceptors (Lipinski definition) is 3. The highest BCUT2D eigenvalue weighted by Crippen LogP contribution is 2.32. The minimum absolute atomic E-state index is 0.197. The molecule has 2 N–H and O–H groups in total. The highest BCUT2D eigenvalue weighted by Gasteiger charge is 2.18. The van der Waals surface area contributed by atoms with Gasteiger partial charge in [-0.15, -0.1) is 0 Å². The molecule has 0 saturated carbocycles. The average molecular weight is 193 g/mol. The Morgan fingerprint density at radius 2 is 2.43 bits per heavy atom. The van der Waals surface area contributed by atoms with Gasteiger partial charge in [0.25, 0.3) is 0 Å². The molecule has 0 bridgehead atoms. The normalized spacial score (nSPS) is 19.4. The van der Waals surface area contributed by atoms with Gasteiger partial charge in [0.15, 0.2) is 0 Å². The molecule has 1 atom stereocenters. The number of nitrogens with one attached hydrogen (secondary N) is 1. The standard InChI is InChI=1S/C11H15NO2/c1-8-3-2-4-10-11(8)14-7-9(12-10)5-6-13/h2-4,9,12-13H,5-7H2,1H3. The van der Waals surface area contributed by atoms with Crippen LogP contribution in [0, 0.1) is 6.92 Å². The van der Waals surface area contributed by atoms with Crippen LogP contribution in [0.4, 0.5) is 5.69 Å². The van der Waals surface area contributed by atoms with E-state index in [0.717, 1.165) is 23.4 Å². The molecule has 3 heteroatoms. The number of anilines is 1. The molecular weight excluding hydrogens is 178 g/mol. The van der Waals surface area contributed by atoms with E-state index in [4.69, 9.17) is 9.84 Å². The van der Waals surface area contributed by atoms with Crippen LogP contribution in [0.3, 0.4) is 0 Å². The van der Waals surface area contributed by atoms with Crippen molar-refractivity contribution in [2.75, 3.05) is 18.5 Å². The second-order valence-electron chi connectivity index (χ2n) is 3.62. The number of hydrogen-bond donors (Lipinski definition) is 2. The Morgan fingerprint density at radius 3 is 3.21 bits per heavy atom. The first-order valence-electron chi connectivity index (χ1n) is 4.91. The molecule has 76 valence electrons. The maximum absolute atomic E-state index is 8.83. The van der Waals surface area contributed by atoms with E-state index in [0.29, 0.717) is 6.61 Å². The predicted octanol–water partition coefficient (Wildman–Crippen LogP) is 1.55. The zero-order valence-electron chi connectivity index (χ0n) is 8.29. The Bertz CT molecular complexity index is 325. The molecule has 1 unspecified atom stereocenters. The zero-order valence-corrected chi connectivity index (χ0v) is 8.29. The maximum Gasteiger partial charge on any atom is 0.145 e. The first-order chi connectivity index (χ1) is 6.81. The molecule has 14 heavy (non-hydrogen) atoms. The van der Waals surface area contributed by atoms with Gasteiger partial charge in [-0.05, 0) is 25.0 Å². The Hall–Kier alpha value is -1.22. The molecule has 0 radical (unpaired) electrons. The van der Waals surface area contributed by atoms with Crippen molar-refractivity contribution in [2.45, 2.75) is 19.4 Å². The maximum atomic E-state index is 8.83. The van der Waals surface area contributed by atoms with E-state index in [-0.39, 0.29) is 12.6 Å². The van der Waals surface area contributed by atoms with E-state index in [1.54, 1.807) is 0 Å². The Kier molecular flexibility index (Phi) is 2.59. The van der Waals surface area contributed by atoms with E-state index in [9.17, 15) is 0 Å². The summed E-state index contributed by atoms with van der Waals surface area (Å²) in [5.41, 5.74) is 2.19. The van der Waals surface area contributed by atoms with E-state index in [1.807, 2.05) is 25.1 Å². The number of fused-ring (bicyclic) bond motifs is 1. The number of aliphatic hydroxyl groups is 1. The summed E-state index contributed by atoms with van der Waals surface area (Å²) in [7, 11) is 0. The monoisotopic (exact) mass is 193 g/mol. The summed E-state index contributed by atoms with van der Waals surface area (Å²) in [5, 5.41) is 12.2. The van der Waals surface area contributed by atoms with Gasteiger partial charge in [-0.3, -0.25) is 0 Å². The summed E-state index contributed by atoms with van der Waals surface area (Å²) in [6, 6.07) is 6.28. The lowest BCUT2D eigenvalue weighted by atomic mass is 10.1. The van der Waals surface area contributed by atoms with Crippen molar-refractivity contribution in [3.63, 3.8) is 0 Å². The summed E-state index contributed by atoms with van der Waals surface area (Å²) in [6.07, 6.45) is 0.730. The summed E-state index contributed by atoms with van der Waals surface area (Å²) >= 11 is 0. The van der Waals surface area contributed by atoms with Crippen molar-refractivity contribution in [2.24, 2.45) is 0 Å². The van der Waals surface area contributed by atoms with Crippen molar-refractivity contribution in [3.8, 4) is 5.75 Å². The van der Waals surface area contributed by atoms with Gasteiger partial charge in [-0.25, -0.2) is 0 Å². The molecular formula is C11H15NO2. The molecule has 1 aliphatic heterocycles. The van der Waals surface area contributed by atoms with Crippen molar-refractivity contribution in [1.82, 2.24) is 0 Å². The summed E-state index contributed by atoms with van der Waals surface area (Å²) in [4.78, 5) is 0. The zero-order chi connectivity index (χ0) is 9.97. The van der Waals surface area contributed by atoms with Crippen LogP contribution in [0.1, 0.15) is 12.0 Å². The predicted molar refractivity (Wildman–Crippen MR) is 55.8 cm³/mol. The molecule has 2 rings (SSSR count). The Labute approximate surface area is 83.7 Å². The first kappa shape index (κ1) is 9.34. The first-order valence-corrected chi connectivity index (χ1v) is 4.91. The van der Waals surface area contributed by atoms with Crippen LogP contribution in [0.25, 0.3) is 0 Å². The number of aryl methyl sites for hydroxylation is 1. The fraction of sp³-hybridized carbons (Fsp3) is 0.455. The number of benzene rings is 1. The molecule has 0 aromatic heterocycles. The summed E-state index contributed by atoms with van der Waals surface area (Å²) in [6.45, 7) is 2.87. The highest BCUT2D eigenvalue weighted by atomic mass is 16.5. The third-order valence-electron chi connectivity index (χ3n) is 2.48. The smallest absolute Gasteiger partial charge is 0.145 e. The summed E-state index contributed by atoms with van der Waals surface area (Å²) < 4.78 is 5.65. The fourth-order valence-electron chi connectivity index (χ4n) is 1.71. The number of aliphatic hydroxyl groups excluding tert-OH is 1. The van der Waals surface area contributed by atoms with Crippen LogP contribution in [0.15, 0.2) is 18.2 Å². The minimum Gasteiger partial charge on any atom is -0.489 e. The van der Waals surface area contributed by atoms with E-state index in [2.05, 4.69) is 5.32 Å². The third-order valence-corrected chi connectivity index (χ3v) is 2.48. The largest absolute Gasteiger partial charge is 0.489 e. The second-order valence-corrected chi connectivity index (χ2v) is 3.62. The van der Waals surface area contributed by atoms with Crippen molar-refractivity contribution < 1.29 is 9.84 Å². The SMILES string of the molecule is Cc1cccc2c1OCC(CCO)N2. The molecule has 0 aliphatic carbocycles. The van der Waals surface area contributed by atoms with E-state index in [1.165, 1.54) is 0 Å². The second kappa shape index (κ2) is 3.88. The van der Waals surface area contributed by atoms with E-state index >= 15 is 0 Å². The lowest BCUT2D eigenvalue weighted by Gasteiger charge is -2.28. The molecule has 1 aliphatic rings. The molecule has 1 heterocycles. The lowest BCUT2D eigenvalue weighted by molar-refractivity contribution is 0.232. The minimum atomic E-state index is 0.197. The van der Waals surface area contributed by atoms with Crippen LogP contribution >= 0.6 is 0 Å². The molecule has 0 fully saturated rings. The Morgan fingerprint density at radius 1 is 1.57 bits per heavy atom. The number of para-hydroxylation sites is 1. The number of rotatable bonds is 2.